The fraction of sp³-hybridized carbons (Fsp3) is 0.467. The number of rotatable bonds is 5. The number of amides is 2. The molecule has 1 aromatic carbocycles. The number of aryl methyl sites for hydroxylation is 1. The number of unbranched alkanes of at least 4 members (excludes halogenated alkanes) is 1. The number of benzene rings is 1. The maximum Gasteiger partial charge on any atom is 0.256 e. The second-order valence-corrected chi connectivity index (χ2v) is 5.13. The van der Waals surface area contributed by atoms with Crippen molar-refractivity contribution in [2.75, 3.05) is 32.0 Å². The summed E-state index contributed by atoms with van der Waals surface area (Å²) in [5, 5.41) is 5.88. The Kier molecular flexibility index (Phi) is 4.74. The Morgan fingerprint density at radius 3 is 2.85 bits per heavy atom. The Hall–Kier alpha value is -1.88. The highest BCUT2D eigenvalue weighted by molar-refractivity contribution is 6.08. The van der Waals surface area contributed by atoms with Gasteiger partial charge in [0.15, 0.2) is 0 Å². The van der Waals surface area contributed by atoms with E-state index in [1.807, 2.05) is 26.1 Å². The Morgan fingerprint density at radius 2 is 2.10 bits per heavy atom. The molecule has 2 amide bonds. The van der Waals surface area contributed by atoms with Gasteiger partial charge in [-0.05, 0) is 45.5 Å². The fourth-order valence-electron chi connectivity index (χ4n) is 2.33. The van der Waals surface area contributed by atoms with Crippen molar-refractivity contribution in [3.05, 3.63) is 29.3 Å². The van der Waals surface area contributed by atoms with Crippen LogP contribution in [0.5, 0.6) is 0 Å². The van der Waals surface area contributed by atoms with E-state index in [4.69, 9.17) is 0 Å². The average Bonchev–Trinajstić information content (AvgIpc) is 2.53. The normalized spacial score (nSPS) is 14.8. The minimum atomic E-state index is -0.130. The molecule has 0 saturated carbocycles. The van der Waals surface area contributed by atoms with Crippen molar-refractivity contribution in [1.29, 1.82) is 0 Å². The van der Waals surface area contributed by atoms with Crippen molar-refractivity contribution in [2.45, 2.75) is 19.8 Å². The molecule has 0 unspecified atom stereocenters. The van der Waals surface area contributed by atoms with Crippen LogP contribution in [0.15, 0.2) is 18.2 Å². The van der Waals surface area contributed by atoms with Crippen molar-refractivity contribution in [1.82, 2.24) is 10.2 Å². The number of carbonyl (C=O) groups is 2. The largest absolute Gasteiger partial charge is 0.329 e. The Labute approximate surface area is 119 Å². The molecule has 0 aromatic heterocycles. The predicted octanol–water partition coefficient (Wildman–Crippen LogP) is 1.39. The highest BCUT2D eigenvalue weighted by atomic mass is 16.2. The summed E-state index contributed by atoms with van der Waals surface area (Å²) in [5.41, 5.74) is 2.22. The van der Waals surface area contributed by atoms with Crippen LogP contribution in [0.25, 0.3) is 0 Å². The average molecular weight is 275 g/mol. The van der Waals surface area contributed by atoms with E-state index in [1.54, 1.807) is 11.0 Å². The molecule has 1 aliphatic rings. The minimum absolute atomic E-state index is 0.0634. The molecule has 2 N–H and O–H groups in total. The fourth-order valence-corrected chi connectivity index (χ4v) is 2.33. The van der Waals surface area contributed by atoms with E-state index in [0.717, 1.165) is 24.9 Å². The molecule has 1 heterocycles. The van der Waals surface area contributed by atoms with Gasteiger partial charge in [0.1, 0.15) is 6.54 Å². The van der Waals surface area contributed by atoms with Gasteiger partial charge in [0.25, 0.3) is 5.91 Å². The molecule has 2 rings (SSSR count). The molecule has 1 aliphatic heterocycles. The van der Waals surface area contributed by atoms with E-state index in [1.165, 1.54) is 0 Å². The monoisotopic (exact) mass is 275 g/mol. The van der Waals surface area contributed by atoms with Gasteiger partial charge in [0.2, 0.25) is 5.91 Å². The first-order valence-corrected chi connectivity index (χ1v) is 6.96. The van der Waals surface area contributed by atoms with Crippen LogP contribution in [0.1, 0.15) is 28.8 Å². The molecule has 1 aromatic rings. The van der Waals surface area contributed by atoms with Gasteiger partial charge in [-0.2, -0.15) is 0 Å². The van der Waals surface area contributed by atoms with E-state index in [-0.39, 0.29) is 18.4 Å². The third-order valence-electron chi connectivity index (χ3n) is 3.41. The van der Waals surface area contributed by atoms with E-state index in [9.17, 15) is 9.59 Å². The molecular weight excluding hydrogens is 254 g/mol. The van der Waals surface area contributed by atoms with Gasteiger partial charge in [-0.15, -0.1) is 0 Å². The quantitative estimate of drug-likeness (QED) is 0.798. The number of hydrogen-bond acceptors (Lipinski definition) is 3. The third-order valence-corrected chi connectivity index (χ3v) is 3.41. The van der Waals surface area contributed by atoms with Crippen LogP contribution in [0, 0.1) is 6.92 Å². The number of anilines is 1. The van der Waals surface area contributed by atoms with E-state index in [0.29, 0.717) is 17.8 Å². The van der Waals surface area contributed by atoms with Gasteiger partial charge in [-0.25, -0.2) is 0 Å². The van der Waals surface area contributed by atoms with Crippen molar-refractivity contribution < 1.29 is 9.59 Å². The summed E-state index contributed by atoms with van der Waals surface area (Å²) in [6.07, 6.45) is 1.88. The van der Waals surface area contributed by atoms with Crippen LogP contribution in [0.3, 0.4) is 0 Å². The highest BCUT2D eigenvalue weighted by Crippen LogP contribution is 2.22. The topological polar surface area (TPSA) is 61.4 Å². The van der Waals surface area contributed by atoms with Crippen molar-refractivity contribution in [3.8, 4) is 0 Å². The van der Waals surface area contributed by atoms with Gasteiger partial charge in [0.05, 0.1) is 11.3 Å². The van der Waals surface area contributed by atoms with Crippen LogP contribution in [0.4, 0.5) is 5.69 Å². The van der Waals surface area contributed by atoms with Crippen molar-refractivity contribution >= 4 is 17.5 Å². The molecule has 0 spiro atoms. The number of fused-ring (bicyclic) bond motifs is 1. The Morgan fingerprint density at radius 1 is 1.30 bits per heavy atom. The van der Waals surface area contributed by atoms with Gasteiger partial charge >= 0.3 is 0 Å². The first-order chi connectivity index (χ1) is 9.61. The van der Waals surface area contributed by atoms with Gasteiger partial charge in [0, 0.05) is 6.54 Å². The summed E-state index contributed by atoms with van der Waals surface area (Å²) in [6, 6.07) is 5.53. The summed E-state index contributed by atoms with van der Waals surface area (Å²) in [7, 11) is 1.91. The molecule has 0 atom stereocenters. The zero-order valence-electron chi connectivity index (χ0n) is 12.0. The van der Waals surface area contributed by atoms with Crippen molar-refractivity contribution in [2.24, 2.45) is 0 Å². The predicted molar refractivity (Wildman–Crippen MR) is 78.9 cm³/mol. The minimum Gasteiger partial charge on any atom is -0.329 e. The van der Waals surface area contributed by atoms with Crippen LogP contribution in [-0.2, 0) is 4.79 Å². The van der Waals surface area contributed by atoms with Gasteiger partial charge < -0.3 is 15.5 Å². The van der Waals surface area contributed by atoms with Crippen LogP contribution < -0.4 is 10.6 Å². The molecule has 5 nitrogen and oxygen atoms in total. The molecule has 0 fully saturated rings. The second-order valence-electron chi connectivity index (χ2n) is 5.13. The first-order valence-electron chi connectivity index (χ1n) is 6.96. The molecule has 0 radical (unpaired) electrons. The lowest BCUT2D eigenvalue weighted by Gasteiger charge is -2.19. The van der Waals surface area contributed by atoms with E-state index in [2.05, 4.69) is 10.6 Å². The summed E-state index contributed by atoms with van der Waals surface area (Å²) < 4.78 is 0. The smallest absolute Gasteiger partial charge is 0.256 e. The van der Waals surface area contributed by atoms with Crippen molar-refractivity contribution in [3.63, 3.8) is 0 Å². The Bertz CT molecular complexity index is 514. The van der Waals surface area contributed by atoms with Crippen LogP contribution in [0.2, 0.25) is 0 Å². The zero-order chi connectivity index (χ0) is 14.5. The molecule has 0 bridgehead atoms. The second kappa shape index (κ2) is 6.52. The Balaban J connectivity index is 2.14. The molecular formula is C15H21N3O2. The molecule has 0 aliphatic carbocycles. The summed E-state index contributed by atoms with van der Waals surface area (Å²) >= 11 is 0. The standard InChI is InChI=1S/C15H21N3O2/c1-11-5-6-13-12(9-11)15(20)18(10-14(19)17-13)8-4-3-7-16-2/h5-6,9,16H,3-4,7-8,10H2,1-2H3,(H,17,19). The highest BCUT2D eigenvalue weighted by Gasteiger charge is 2.25. The number of nitrogens with one attached hydrogen (secondary N) is 2. The lowest BCUT2D eigenvalue weighted by Crippen LogP contribution is -2.36. The molecule has 0 saturated heterocycles. The summed E-state index contributed by atoms with van der Waals surface area (Å²) in [5.74, 6) is -0.193. The number of nitrogens with zero attached hydrogens (tertiary/aromatic N) is 1. The third kappa shape index (κ3) is 3.36. The van der Waals surface area contributed by atoms with E-state index < -0.39 is 0 Å². The molecule has 20 heavy (non-hydrogen) atoms. The van der Waals surface area contributed by atoms with E-state index >= 15 is 0 Å². The number of carbonyl (C=O) groups excluding carboxylic acids is 2. The maximum atomic E-state index is 12.5. The SMILES string of the molecule is CNCCCCN1CC(=O)Nc2ccc(C)cc2C1=O. The van der Waals surface area contributed by atoms with Gasteiger partial charge in [-0.3, -0.25) is 9.59 Å². The number of hydrogen-bond donors (Lipinski definition) is 2. The van der Waals surface area contributed by atoms with Crippen LogP contribution in [-0.4, -0.2) is 43.4 Å². The summed E-state index contributed by atoms with van der Waals surface area (Å²) in [6.45, 7) is 3.61. The van der Waals surface area contributed by atoms with Gasteiger partial charge in [-0.1, -0.05) is 11.6 Å². The summed E-state index contributed by atoms with van der Waals surface area (Å²) in [4.78, 5) is 26.0. The van der Waals surface area contributed by atoms with Crippen LogP contribution >= 0.6 is 0 Å². The molecule has 5 heteroatoms. The zero-order valence-corrected chi connectivity index (χ0v) is 12.0. The first kappa shape index (κ1) is 14.5. The maximum absolute atomic E-state index is 12.5. The lowest BCUT2D eigenvalue weighted by molar-refractivity contribution is -0.116. The lowest BCUT2D eigenvalue weighted by atomic mass is 10.1. The molecule has 108 valence electrons.